The normalized spacial score (nSPS) is 43.1. The molecule has 4 nitrogen and oxygen atoms in total. The SMILES string of the molecule is C[C@]12C=CC(=O)N[C@@H]1CC[C@@H]1[C@@H]2CC[C@]2(C)[C@@H](C(=O)c3ccccc3N)CC[C@@H]12. The largest absolute Gasteiger partial charge is 0.398 e. The van der Waals surface area contributed by atoms with E-state index in [1.807, 2.05) is 24.3 Å². The van der Waals surface area contributed by atoms with E-state index < -0.39 is 0 Å². The van der Waals surface area contributed by atoms with Crippen molar-refractivity contribution in [3.63, 3.8) is 0 Å². The van der Waals surface area contributed by atoms with Gasteiger partial charge in [0.2, 0.25) is 5.91 Å². The van der Waals surface area contributed by atoms with Crippen LogP contribution >= 0.6 is 0 Å². The van der Waals surface area contributed by atoms with Gasteiger partial charge in [-0.05, 0) is 79.9 Å². The topological polar surface area (TPSA) is 72.2 Å². The van der Waals surface area contributed by atoms with Gasteiger partial charge in [-0.1, -0.05) is 32.1 Å². The molecule has 0 unspecified atom stereocenters. The zero-order chi connectivity index (χ0) is 20.4. The third kappa shape index (κ3) is 2.64. The Morgan fingerprint density at radius 1 is 1.07 bits per heavy atom. The zero-order valence-electron chi connectivity index (χ0n) is 17.5. The summed E-state index contributed by atoms with van der Waals surface area (Å²) in [6.45, 7) is 4.71. The number of hydrogen-bond donors (Lipinski definition) is 2. The number of carbonyl (C=O) groups excluding carboxylic acids is 2. The maximum absolute atomic E-state index is 13.5. The van der Waals surface area contributed by atoms with E-state index in [4.69, 9.17) is 5.73 Å². The summed E-state index contributed by atoms with van der Waals surface area (Å²) in [7, 11) is 0. The summed E-state index contributed by atoms with van der Waals surface area (Å²) in [6, 6.07) is 7.80. The summed E-state index contributed by atoms with van der Waals surface area (Å²) in [6.07, 6.45) is 10.5. The van der Waals surface area contributed by atoms with E-state index in [1.165, 1.54) is 0 Å². The van der Waals surface area contributed by atoms with Gasteiger partial charge in [0.1, 0.15) is 0 Å². The van der Waals surface area contributed by atoms with E-state index in [1.54, 1.807) is 6.08 Å². The van der Waals surface area contributed by atoms with Gasteiger partial charge in [0.25, 0.3) is 0 Å². The van der Waals surface area contributed by atoms with E-state index in [9.17, 15) is 9.59 Å². The summed E-state index contributed by atoms with van der Waals surface area (Å²) >= 11 is 0. The van der Waals surface area contributed by atoms with Crippen LogP contribution < -0.4 is 11.1 Å². The molecule has 0 radical (unpaired) electrons. The zero-order valence-corrected chi connectivity index (χ0v) is 17.5. The Bertz CT molecular complexity index is 893. The molecule has 3 N–H and O–H groups in total. The molecule has 3 aliphatic carbocycles. The highest BCUT2D eigenvalue weighted by molar-refractivity contribution is 6.02. The minimum Gasteiger partial charge on any atom is -0.398 e. The molecule has 1 amide bonds. The van der Waals surface area contributed by atoms with Crippen molar-refractivity contribution < 1.29 is 9.59 Å². The number of fused-ring (bicyclic) bond motifs is 5. The third-order valence-corrected chi connectivity index (χ3v) is 9.23. The summed E-state index contributed by atoms with van der Waals surface area (Å²) in [4.78, 5) is 25.4. The molecule has 5 rings (SSSR count). The lowest BCUT2D eigenvalue weighted by Crippen LogP contribution is -2.59. The number of anilines is 1. The monoisotopic (exact) mass is 392 g/mol. The first-order valence-corrected chi connectivity index (χ1v) is 11.2. The van der Waals surface area contributed by atoms with Crippen LogP contribution in [0, 0.1) is 34.5 Å². The fourth-order valence-corrected chi connectivity index (χ4v) is 7.67. The van der Waals surface area contributed by atoms with Gasteiger partial charge in [0.05, 0.1) is 0 Å². The van der Waals surface area contributed by atoms with Crippen LogP contribution in [0.3, 0.4) is 0 Å². The summed E-state index contributed by atoms with van der Waals surface area (Å²) in [5.41, 5.74) is 7.56. The number of nitrogens with two attached hydrogens (primary N) is 1. The van der Waals surface area contributed by atoms with Crippen molar-refractivity contribution in [3.8, 4) is 0 Å². The van der Waals surface area contributed by atoms with E-state index >= 15 is 0 Å². The molecule has 4 heteroatoms. The number of hydrogen-bond acceptors (Lipinski definition) is 3. The van der Waals surface area contributed by atoms with Gasteiger partial charge < -0.3 is 11.1 Å². The van der Waals surface area contributed by atoms with Gasteiger partial charge in [-0.2, -0.15) is 0 Å². The maximum atomic E-state index is 13.5. The summed E-state index contributed by atoms with van der Waals surface area (Å²) in [5, 5.41) is 3.22. The Morgan fingerprint density at radius 3 is 2.66 bits per heavy atom. The molecule has 0 spiro atoms. The van der Waals surface area contributed by atoms with Crippen molar-refractivity contribution in [1.29, 1.82) is 0 Å². The van der Waals surface area contributed by atoms with Gasteiger partial charge in [-0.25, -0.2) is 0 Å². The van der Waals surface area contributed by atoms with Crippen molar-refractivity contribution in [2.24, 2.45) is 34.5 Å². The van der Waals surface area contributed by atoms with E-state index in [-0.39, 0.29) is 34.5 Å². The minimum atomic E-state index is 0.0457. The Balaban J connectivity index is 1.44. The second kappa shape index (κ2) is 6.45. The van der Waals surface area contributed by atoms with Crippen LogP contribution in [0.15, 0.2) is 36.4 Å². The van der Waals surface area contributed by atoms with Crippen molar-refractivity contribution in [1.82, 2.24) is 5.32 Å². The van der Waals surface area contributed by atoms with Gasteiger partial charge >= 0.3 is 0 Å². The van der Waals surface area contributed by atoms with E-state index in [2.05, 4.69) is 25.2 Å². The van der Waals surface area contributed by atoms with Crippen LogP contribution in [-0.2, 0) is 4.79 Å². The number of Topliss-reactive ketones (excluding diaryl/α,β-unsaturated/α-hetero) is 1. The van der Waals surface area contributed by atoms with Crippen LogP contribution in [0.2, 0.25) is 0 Å². The lowest BCUT2D eigenvalue weighted by molar-refractivity contribution is -0.122. The lowest BCUT2D eigenvalue weighted by atomic mass is 9.47. The fourth-order valence-electron chi connectivity index (χ4n) is 7.67. The number of amides is 1. The second-order valence-electron chi connectivity index (χ2n) is 10.3. The third-order valence-electron chi connectivity index (χ3n) is 9.23. The summed E-state index contributed by atoms with van der Waals surface area (Å²) in [5.74, 6) is 2.19. The molecule has 7 atom stereocenters. The lowest BCUT2D eigenvalue weighted by Gasteiger charge is -2.58. The highest BCUT2D eigenvalue weighted by Gasteiger charge is 2.60. The Morgan fingerprint density at radius 2 is 1.86 bits per heavy atom. The average Bonchev–Trinajstić information content (AvgIpc) is 3.05. The van der Waals surface area contributed by atoms with Gasteiger partial charge in [0, 0.05) is 28.6 Å². The molecule has 29 heavy (non-hydrogen) atoms. The molecule has 154 valence electrons. The van der Waals surface area contributed by atoms with E-state index in [0.29, 0.717) is 29.0 Å². The van der Waals surface area contributed by atoms with Crippen LogP contribution in [0.5, 0.6) is 0 Å². The Labute approximate surface area is 173 Å². The van der Waals surface area contributed by atoms with Crippen molar-refractivity contribution in [2.75, 3.05) is 5.73 Å². The molecule has 0 aromatic heterocycles. The van der Waals surface area contributed by atoms with Crippen LogP contribution in [0.25, 0.3) is 0 Å². The number of rotatable bonds is 2. The molecule has 1 heterocycles. The highest BCUT2D eigenvalue weighted by Crippen LogP contribution is 2.65. The van der Waals surface area contributed by atoms with Crippen LogP contribution in [0.4, 0.5) is 5.69 Å². The predicted octanol–water partition coefficient (Wildman–Crippen LogP) is 4.36. The molecular weight excluding hydrogens is 360 g/mol. The molecule has 4 aliphatic rings. The highest BCUT2D eigenvalue weighted by atomic mass is 16.1. The first kappa shape index (κ1) is 18.9. The first-order chi connectivity index (χ1) is 13.8. The number of para-hydroxylation sites is 1. The quantitative estimate of drug-likeness (QED) is 0.580. The van der Waals surface area contributed by atoms with Crippen molar-refractivity contribution in [2.45, 2.75) is 58.4 Å². The Kier molecular flexibility index (Phi) is 4.20. The van der Waals surface area contributed by atoms with Crippen molar-refractivity contribution >= 4 is 17.4 Å². The molecule has 1 aromatic carbocycles. The Hall–Kier alpha value is -2.10. The average molecular weight is 393 g/mol. The number of carbonyl (C=O) groups is 2. The molecule has 0 saturated heterocycles. The first-order valence-electron chi connectivity index (χ1n) is 11.2. The molecule has 3 saturated carbocycles. The second-order valence-corrected chi connectivity index (χ2v) is 10.3. The smallest absolute Gasteiger partial charge is 0.243 e. The number of ketones is 1. The molecule has 1 aliphatic heterocycles. The van der Waals surface area contributed by atoms with Crippen molar-refractivity contribution in [3.05, 3.63) is 42.0 Å². The van der Waals surface area contributed by atoms with Gasteiger partial charge in [-0.15, -0.1) is 0 Å². The van der Waals surface area contributed by atoms with Crippen LogP contribution in [-0.4, -0.2) is 17.7 Å². The summed E-state index contributed by atoms with van der Waals surface area (Å²) < 4.78 is 0. The van der Waals surface area contributed by atoms with Gasteiger partial charge in [0.15, 0.2) is 5.78 Å². The van der Waals surface area contributed by atoms with E-state index in [0.717, 1.165) is 38.5 Å². The van der Waals surface area contributed by atoms with Gasteiger partial charge in [-0.3, -0.25) is 9.59 Å². The molecule has 1 aromatic rings. The van der Waals surface area contributed by atoms with Crippen LogP contribution in [0.1, 0.15) is 62.7 Å². The minimum absolute atomic E-state index is 0.0457. The number of nitrogen functional groups attached to an aromatic ring is 1. The predicted molar refractivity (Wildman–Crippen MR) is 114 cm³/mol. The fraction of sp³-hybridized carbons (Fsp3) is 0.600. The number of nitrogens with one attached hydrogen (secondary N) is 1. The molecule has 3 fully saturated rings. The molecule has 0 bridgehead atoms. The standard InChI is InChI=1S/C25H32N2O2/c1-24-13-11-18-15(7-10-21-25(18,2)14-12-22(28)27-21)17(24)8-9-19(24)23(29)16-5-3-4-6-20(16)26/h3-6,12,14-15,17-19,21H,7-11,13,26H2,1-2H3,(H,27,28)/t15-,17-,18-,19+,21+,24-,25+/m0/s1. The number of benzene rings is 1. The maximum Gasteiger partial charge on any atom is 0.243 e. The molecular formula is C25H32N2O2.